The molecule has 2 aliphatic heterocycles. The van der Waals surface area contributed by atoms with E-state index in [1.54, 1.807) is 54.9 Å². The van der Waals surface area contributed by atoms with E-state index in [0.717, 1.165) is 18.1 Å². The molecule has 0 bridgehead atoms. The zero-order valence-electron chi connectivity index (χ0n) is 33.5. The highest BCUT2D eigenvalue weighted by Crippen LogP contribution is 2.37. The fourth-order valence-electron chi connectivity index (χ4n) is 7.61. The Balaban J connectivity index is 0.931. The number of aryl methyl sites for hydroxylation is 2. The number of anilines is 2. The minimum absolute atomic E-state index is 0.000215. The number of amides is 4. The first kappa shape index (κ1) is 40.4. The molecule has 4 aromatic carbocycles. The number of nitrogens with zero attached hydrogens (tertiary/aromatic N) is 4. The van der Waals surface area contributed by atoms with Gasteiger partial charge < -0.3 is 39.4 Å². The maximum atomic E-state index is 15.5. The van der Waals surface area contributed by atoms with Crippen molar-refractivity contribution in [3.8, 4) is 23.1 Å². The van der Waals surface area contributed by atoms with Crippen LogP contribution < -0.4 is 35.6 Å². The number of aliphatic hydroxyl groups excluding tert-OH is 1. The van der Waals surface area contributed by atoms with Crippen molar-refractivity contribution in [2.45, 2.75) is 51.9 Å². The van der Waals surface area contributed by atoms with Crippen LogP contribution in [0.5, 0.6) is 23.1 Å². The molecule has 1 saturated heterocycles. The van der Waals surface area contributed by atoms with Gasteiger partial charge in [-0.25, -0.2) is 14.4 Å². The van der Waals surface area contributed by atoms with E-state index in [9.17, 15) is 29.1 Å². The smallest absolute Gasteiger partial charge is 0.261 e. The highest BCUT2D eigenvalue weighted by molar-refractivity contribution is 6.07. The number of nitrogens with one attached hydrogen (secondary N) is 3. The van der Waals surface area contributed by atoms with Gasteiger partial charge in [0, 0.05) is 60.2 Å². The maximum Gasteiger partial charge on any atom is 0.261 e. The Bertz CT molecular complexity index is 2860. The Hall–Kier alpha value is -7.40. The number of halogens is 1. The molecule has 2 aromatic heterocycles. The Kier molecular flexibility index (Phi) is 10.8. The Morgan fingerprint density at radius 3 is 2.54 bits per heavy atom. The van der Waals surface area contributed by atoms with Gasteiger partial charge in [-0.2, -0.15) is 0 Å². The summed E-state index contributed by atoms with van der Waals surface area (Å²) in [6.45, 7) is 3.60. The first-order chi connectivity index (χ1) is 29.3. The van der Waals surface area contributed by atoms with E-state index in [-0.39, 0.29) is 72.2 Å². The summed E-state index contributed by atoms with van der Waals surface area (Å²) >= 11 is 0. The summed E-state index contributed by atoms with van der Waals surface area (Å²) in [5.74, 6) is -2.38. The molecule has 6 aromatic rings. The number of aromatic nitrogens is 3. The van der Waals surface area contributed by atoms with Gasteiger partial charge in [-0.15, -0.1) is 0 Å². The zero-order valence-corrected chi connectivity index (χ0v) is 33.5. The Morgan fingerprint density at radius 2 is 1.79 bits per heavy atom. The highest BCUT2D eigenvalue weighted by Gasteiger charge is 2.39. The lowest BCUT2D eigenvalue weighted by Gasteiger charge is -2.29. The highest BCUT2D eigenvalue weighted by atomic mass is 19.1. The predicted octanol–water partition coefficient (Wildman–Crippen LogP) is 5.12. The molecular formula is C44H40FN7O9. The molecule has 4 N–H and O–H groups in total. The third-order valence-electron chi connectivity index (χ3n) is 10.9. The van der Waals surface area contributed by atoms with E-state index >= 15 is 4.39 Å². The minimum atomic E-state index is -1.21. The number of hydrogen-bond acceptors (Lipinski definition) is 12. The van der Waals surface area contributed by atoms with Crippen LogP contribution >= 0.6 is 0 Å². The minimum Gasteiger partial charge on any atom is -0.493 e. The van der Waals surface area contributed by atoms with E-state index < -0.39 is 35.3 Å². The molecule has 17 heteroatoms. The second-order valence-corrected chi connectivity index (χ2v) is 14.7. The van der Waals surface area contributed by atoms with E-state index in [4.69, 9.17) is 14.2 Å². The number of methoxy groups -OCH3 is 1. The second kappa shape index (κ2) is 16.3. The average molecular weight is 830 g/mol. The van der Waals surface area contributed by atoms with Gasteiger partial charge in [0.1, 0.15) is 24.5 Å². The molecule has 2 atom stereocenters. The van der Waals surface area contributed by atoms with Crippen molar-refractivity contribution in [3.05, 3.63) is 117 Å². The second-order valence-electron chi connectivity index (χ2n) is 14.7. The molecule has 0 aliphatic carbocycles. The average Bonchev–Trinajstić information content (AvgIpc) is 3.57. The number of benzene rings is 4. The van der Waals surface area contributed by atoms with Crippen LogP contribution in [0.3, 0.4) is 0 Å². The third-order valence-corrected chi connectivity index (χ3v) is 10.9. The fraction of sp³-hybridized carbons (Fsp3) is 0.250. The van der Waals surface area contributed by atoms with Gasteiger partial charge in [-0.3, -0.25) is 29.3 Å². The molecule has 2 unspecified atom stereocenters. The number of carbonyl (C=O) groups excluding carboxylic acids is 4. The SMILES string of the molecule is CCc1ccc2c(c1)c(=O)c(C(=O)Nc1ccc(Oc3ncnc4cc(OCC(O)Nc5ccc6c(c5)CN(C5CCC(=O)NC5=O)C6=O)c(OC)cc34)c(F)c1)c(C)n2C. The molecule has 4 heterocycles. The number of hydrogen-bond donors (Lipinski definition) is 4. The van der Waals surface area contributed by atoms with Crippen molar-refractivity contribution in [1.82, 2.24) is 24.8 Å². The van der Waals surface area contributed by atoms with Crippen molar-refractivity contribution in [2.24, 2.45) is 7.05 Å². The monoisotopic (exact) mass is 829 g/mol. The van der Waals surface area contributed by atoms with Crippen LogP contribution in [0.2, 0.25) is 0 Å². The van der Waals surface area contributed by atoms with Crippen molar-refractivity contribution in [2.75, 3.05) is 24.4 Å². The van der Waals surface area contributed by atoms with Gasteiger partial charge in [-0.1, -0.05) is 13.0 Å². The van der Waals surface area contributed by atoms with E-state index in [0.29, 0.717) is 44.3 Å². The topological polar surface area (TPSA) is 203 Å². The standard InChI is InChI=1S/C44H40FN7O9/c1-5-23-6-10-32-29(14-23)40(55)39(22(2)51(32)3)42(57)49-26-8-12-34(30(45)16-26)61-43-28-17-35(59-4)36(18-31(28)46-21-47-43)60-20-38(54)48-25-7-9-27-24(15-25)19-52(44(27)58)33-11-13-37(53)50-41(33)56/h6-10,12,14-18,21,33,38,48,54H,5,11,13,19-20H2,1-4H3,(H,49,57)(H,50,53,56). The van der Waals surface area contributed by atoms with Gasteiger partial charge in [0.15, 0.2) is 29.3 Å². The number of aliphatic hydroxyl groups is 1. The van der Waals surface area contributed by atoms with Crippen molar-refractivity contribution in [3.63, 3.8) is 0 Å². The summed E-state index contributed by atoms with van der Waals surface area (Å²) in [5, 5.41) is 19.5. The molecule has 1 fully saturated rings. The quantitative estimate of drug-likeness (QED) is 0.0939. The Labute approximate surface area is 347 Å². The summed E-state index contributed by atoms with van der Waals surface area (Å²) < 4.78 is 34.7. The largest absolute Gasteiger partial charge is 0.493 e. The number of ether oxygens (including phenoxy) is 3. The van der Waals surface area contributed by atoms with Crippen molar-refractivity contribution < 1.29 is 42.9 Å². The third kappa shape index (κ3) is 7.78. The molecule has 0 saturated carbocycles. The number of fused-ring (bicyclic) bond motifs is 3. The first-order valence-corrected chi connectivity index (χ1v) is 19.4. The number of carbonyl (C=O) groups is 4. The van der Waals surface area contributed by atoms with Crippen LogP contribution in [0.25, 0.3) is 21.8 Å². The molecule has 8 rings (SSSR count). The molecule has 4 amide bonds. The molecule has 16 nitrogen and oxygen atoms in total. The van der Waals surface area contributed by atoms with Crippen LogP contribution in [-0.4, -0.2) is 74.2 Å². The molecule has 0 radical (unpaired) electrons. The van der Waals surface area contributed by atoms with Crippen molar-refractivity contribution >= 4 is 56.8 Å². The van der Waals surface area contributed by atoms with Crippen LogP contribution in [0.4, 0.5) is 15.8 Å². The van der Waals surface area contributed by atoms with Crippen LogP contribution in [0, 0.1) is 12.7 Å². The Morgan fingerprint density at radius 1 is 0.984 bits per heavy atom. The molecular weight excluding hydrogens is 790 g/mol. The fourth-order valence-corrected chi connectivity index (χ4v) is 7.61. The van der Waals surface area contributed by atoms with Gasteiger partial charge in [0.25, 0.3) is 11.8 Å². The van der Waals surface area contributed by atoms with Gasteiger partial charge >= 0.3 is 0 Å². The summed E-state index contributed by atoms with van der Waals surface area (Å²) in [6.07, 6.45) is 1.14. The number of pyridine rings is 1. The lowest BCUT2D eigenvalue weighted by atomic mass is 10.0. The van der Waals surface area contributed by atoms with Crippen LogP contribution in [0.15, 0.2) is 77.9 Å². The van der Waals surface area contributed by atoms with Crippen molar-refractivity contribution in [1.29, 1.82) is 0 Å². The molecule has 2 aliphatic rings. The predicted molar refractivity (Wildman–Crippen MR) is 221 cm³/mol. The van der Waals surface area contributed by atoms with Crippen LogP contribution in [-0.2, 0) is 29.6 Å². The molecule has 61 heavy (non-hydrogen) atoms. The zero-order chi connectivity index (χ0) is 43.1. The summed E-state index contributed by atoms with van der Waals surface area (Å²) in [4.78, 5) is 73.9. The van der Waals surface area contributed by atoms with Gasteiger partial charge in [0.2, 0.25) is 23.1 Å². The first-order valence-electron chi connectivity index (χ1n) is 19.4. The number of rotatable bonds is 12. The lowest BCUT2D eigenvalue weighted by Crippen LogP contribution is -2.52. The summed E-state index contributed by atoms with van der Waals surface area (Å²) in [5.41, 5.74) is 3.73. The summed E-state index contributed by atoms with van der Waals surface area (Å²) in [6, 6.07) is 16.8. The number of imide groups is 1. The van der Waals surface area contributed by atoms with Gasteiger partial charge in [0.05, 0.1) is 23.5 Å². The number of piperidine rings is 1. The van der Waals surface area contributed by atoms with E-state index in [2.05, 4.69) is 25.9 Å². The van der Waals surface area contributed by atoms with Gasteiger partial charge in [-0.05, 0) is 79.4 Å². The van der Waals surface area contributed by atoms with E-state index in [1.807, 2.05) is 19.1 Å². The normalized spacial score (nSPS) is 15.4. The lowest BCUT2D eigenvalue weighted by molar-refractivity contribution is -0.136. The maximum absolute atomic E-state index is 15.5. The van der Waals surface area contributed by atoms with E-state index in [1.165, 1.54) is 30.5 Å². The molecule has 312 valence electrons. The molecule has 0 spiro atoms. The van der Waals surface area contributed by atoms with Crippen LogP contribution in [0.1, 0.15) is 57.3 Å². The summed E-state index contributed by atoms with van der Waals surface area (Å²) in [7, 11) is 3.20.